The summed E-state index contributed by atoms with van der Waals surface area (Å²) in [5, 5.41) is 0. The molecule has 5 heteroatoms. The normalized spacial score (nSPS) is 12.0. The van der Waals surface area contributed by atoms with Gasteiger partial charge in [-0.15, -0.1) is 0 Å². The number of rotatable bonds is 4. The van der Waals surface area contributed by atoms with E-state index in [1.165, 1.54) is 26.4 Å². The van der Waals surface area contributed by atoms with Crippen LogP contribution in [0.2, 0.25) is 0 Å². The minimum atomic E-state index is -0.893. The summed E-state index contributed by atoms with van der Waals surface area (Å²) in [6, 6.07) is 3.54. The Morgan fingerprint density at radius 1 is 1.50 bits per heavy atom. The third-order valence-electron chi connectivity index (χ3n) is 2.22. The Bertz CT molecular complexity index is 381. The van der Waals surface area contributed by atoms with Crippen LogP contribution in [-0.2, 0) is 16.0 Å². The molecular weight excluding hydrogens is 213 g/mol. The fourth-order valence-electron chi connectivity index (χ4n) is 1.38. The lowest BCUT2D eigenvalue weighted by Gasteiger charge is -2.13. The quantitative estimate of drug-likeness (QED) is 0.775. The molecule has 1 rings (SSSR count). The Morgan fingerprint density at radius 3 is 2.75 bits per heavy atom. The van der Waals surface area contributed by atoms with Crippen LogP contribution >= 0.6 is 0 Å². The van der Waals surface area contributed by atoms with Crippen molar-refractivity contribution < 1.29 is 18.7 Å². The summed E-state index contributed by atoms with van der Waals surface area (Å²) in [5.74, 6) is -0.650. The van der Waals surface area contributed by atoms with Gasteiger partial charge in [0.15, 0.2) is 0 Å². The maximum atomic E-state index is 13.5. The summed E-state index contributed by atoms with van der Waals surface area (Å²) in [6.07, 6.45) is 0.0442. The van der Waals surface area contributed by atoms with Crippen molar-refractivity contribution in [2.45, 2.75) is 12.5 Å². The van der Waals surface area contributed by atoms with Gasteiger partial charge in [0.1, 0.15) is 17.6 Å². The molecule has 0 saturated carbocycles. The van der Waals surface area contributed by atoms with Crippen molar-refractivity contribution >= 4 is 5.97 Å². The molecule has 0 aliphatic carbocycles. The van der Waals surface area contributed by atoms with E-state index in [1.54, 1.807) is 6.07 Å². The smallest absolute Gasteiger partial charge is 0.322 e. The highest BCUT2D eigenvalue weighted by Gasteiger charge is 2.19. The average Bonchev–Trinajstić information content (AvgIpc) is 2.30. The minimum Gasteiger partial charge on any atom is -0.496 e. The summed E-state index contributed by atoms with van der Waals surface area (Å²) in [6.45, 7) is 0. The molecule has 0 amide bonds. The number of hydrogen-bond donors (Lipinski definition) is 1. The maximum Gasteiger partial charge on any atom is 0.322 e. The second-order valence-corrected chi connectivity index (χ2v) is 3.25. The van der Waals surface area contributed by atoms with E-state index in [0.29, 0.717) is 5.75 Å². The predicted octanol–water partition coefficient (Wildman–Crippen LogP) is 0.877. The molecule has 0 aliphatic rings. The molecule has 0 radical (unpaired) electrons. The zero-order valence-corrected chi connectivity index (χ0v) is 9.20. The number of carbonyl (C=O) groups is 1. The summed E-state index contributed by atoms with van der Waals surface area (Å²) < 4.78 is 22.9. The van der Waals surface area contributed by atoms with E-state index in [9.17, 15) is 9.18 Å². The lowest BCUT2D eigenvalue weighted by Crippen LogP contribution is -2.34. The van der Waals surface area contributed by atoms with E-state index in [-0.39, 0.29) is 12.0 Å². The average molecular weight is 227 g/mol. The number of ether oxygens (including phenoxy) is 2. The van der Waals surface area contributed by atoms with Crippen molar-refractivity contribution in [3.8, 4) is 5.75 Å². The molecule has 1 aromatic rings. The van der Waals surface area contributed by atoms with Gasteiger partial charge in [0, 0.05) is 12.0 Å². The predicted molar refractivity (Wildman–Crippen MR) is 56.6 cm³/mol. The number of methoxy groups -OCH3 is 2. The van der Waals surface area contributed by atoms with Crippen LogP contribution in [0.4, 0.5) is 4.39 Å². The second-order valence-electron chi connectivity index (χ2n) is 3.25. The first kappa shape index (κ1) is 12.4. The molecule has 0 bridgehead atoms. The van der Waals surface area contributed by atoms with Gasteiger partial charge in [-0.3, -0.25) is 4.79 Å². The molecule has 2 N–H and O–H groups in total. The molecule has 16 heavy (non-hydrogen) atoms. The zero-order valence-electron chi connectivity index (χ0n) is 9.20. The molecule has 0 fully saturated rings. The summed E-state index contributed by atoms with van der Waals surface area (Å²) in [5.41, 5.74) is 5.84. The van der Waals surface area contributed by atoms with Crippen LogP contribution in [0, 0.1) is 5.82 Å². The van der Waals surface area contributed by atoms with Crippen LogP contribution in [0.1, 0.15) is 5.56 Å². The fraction of sp³-hybridized carbons (Fsp3) is 0.364. The van der Waals surface area contributed by atoms with Crippen molar-refractivity contribution in [1.29, 1.82) is 0 Å². The molecule has 0 saturated heterocycles. The monoisotopic (exact) mass is 227 g/mol. The van der Waals surface area contributed by atoms with Gasteiger partial charge in [0.05, 0.1) is 14.2 Å². The minimum absolute atomic E-state index is 0.0442. The largest absolute Gasteiger partial charge is 0.496 e. The molecule has 1 unspecified atom stereocenters. The number of halogens is 1. The van der Waals surface area contributed by atoms with Crippen LogP contribution in [0.5, 0.6) is 5.75 Å². The van der Waals surface area contributed by atoms with Crippen molar-refractivity contribution in [3.63, 3.8) is 0 Å². The van der Waals surface area contributed by atoms with Gasteiger partial charge in [-0.25, -0.2) is 4.39 Å². The van der Waals surface area contributed by atoms with E-state index in [1.807, 2.05) is 0 Å². The molecule has 0 aromatic heterocycles. The van der Waals surface area contributed by atoms with Gasteiger partial charge >= 0.3 is 5.97 Å². The highest BCUT2D eigenvalue weighted by molar-refractivity contribution is 5.75. The fourth-order valence-corrected chi connectivity index (χ4v) is 1.38. The van der Waals surface area contributed by atoms with Gasteiger partial charge in [0.25, 0.3) is 0 Å². The van der Waals surface area contributed by atoms with Gasteiger partial charge in [-0.1, -0.05) is 6.07 Å². The molecule has 4 nitrogen and oxygen atoms in total. The highest BCUT2D eigenvalue weighted by Crippen LogP contribution is 2.22. The van der Waals surface area contributed by atoms with E-state index >= 15 is 0 Å². The van der Waals surface area contributed by atoms with Gasteiger partial charge < -0.3 is 15.2 Å². The molecule has 88 valence electrons. The Morgan fingerprint density at radius 2 is 2.19 bits per heavy atom. The van der Waals surface area contributed by atoms with E-state index in [4.69, 9.17) is 10.5 Å². The van der Waals surface area contributed by atoms with Crippen LogP contribution in [0.15, 0.2) is 18.2 Å². The Hall–Kier alpha value is -1.62. The van der Waals surface area contributed by atoms with Crippen LogP contribution in [-0.4, -0.2) is 26.2 Å². The Kier molecular flexibility index (Phi) is 4.25. The molecule has 0 spiro atoms. The lowest BCUT2D eigenvalue weighted by atomic mass is 10.0. The van der Waals surface area contributed by atoms with Crippen molar-refractivity contribution in [2.24, 2.45) is 5.73 Å². The summed E-state index contributed by atoms with van der Waals surface area (Å²) in [4.78, 5) is 11.1. The molecule has 0 aliphatic heterocycles. The van der Waals surface area contributed by atoms with Crippen LogP contribution in [0.25, 0.3) is 0 Å². The molecular formula is C11H14FNO3. The Balaban J connectivity index is 2.91. The number of nitrogens with two attached hydrogens (primary N) is 1. The van der Waals surface area contributed by atoms with Crippen LogP contribution < -0.4 is 10.5 Å². The van der Waals surface area contributed by atoms with Crippen molar-refractivity contribution in [3.05, 3.63) is 29.6 Å². The SMILES string of the molecule is COC(=O)C(N)Cc1c(F)cccc1OC. The van der Waals surface area contributed by atoms with Gasteiger partial charge in [-0.05, 0) is 12.1 Å². The summed E-state index contributed by atoms with van der Waals surface area (Å²) >= 11 is 0. The molecule has 1 atom stereocenters. The molecule has 0 heterocycles. The highest BCUT2D eigenvalue weighted by atomic mass is 19.1. The standard InChI is InChI=1S/C11H14FNO3/c1-15-10-5-3-4-8(12)7(10)6-9(13)11(14)16-2/h3-5,9H,6,13H2,1-2H3. The van der Waals surface area contributed by atoms with E-state index < -0.39 is 17.8 Å². The number of carbonyl (C=O) groups excluding carboxylic acids is 1. The van der Waals surface area contributed by atoms with Crippen LogP contribution in [0.3, 0.4) is 0 Å². The van der Waals surface area contributed by atoms with Gasteiger partial charge in [0.2, 0.25) is 0 Å². The second kappa shape index (κ2) is 5.46. The maximum absolute atomic E-state index is 13.5. The summed E-state index contributed by atoms with van der Waals surface area (Å²) in [7, 11) is 2.67. The first-order valence-electron chi connectivity index (χ1n) is 4.75. The van der Waals surface area contributed by atoms with Gasteiger partial charge in [-0.2, -0.15) is 0 Å². The first-order valence-corrected chi connectivity index (χ1v) is 4.75. The number of hydrogen-bond acceptors (Lipinski definition) is 4. The van der Waals surface area contributed by atoms with E-state index in [2.05, 4.69) is 4.74 Å². The lowest BCUT2D eigenvalue weighted by molar-refractivity contribution is -0.142. The third kappa shape index (κ3) is 2.70. The Labute approximate surface area is 93.2 Å². The van der Waals surface area contributed by atoms with Crippen molar-refractivity contribution in [1.82, 2.24) is 0 Å². The molecule has 1 aromatic carbocycles. The zero-order chi connectivity index (χ0) is 12.1. The topological polar surface area (TPSA) is 61.5 Å². The third-order valence-corrected chi connectivity index (χ3v) is 2.22. The first-order chi connectivity index (χ1) is 7.60. The van der Waals surface area contributed by atoms with E-state index in [0.717, 1.165) is 0 Å². The van der Waals surface area contributed by atoms with Crippen molar-refractivity contribution in [2.75, 3.05) is 14.2 Å². The number of benzene rings is 1. The number of esters is 1.